The lowest BCUT2D eigenvalue weighted by Crippen LogP contribution is -2.31. The predicted molar refractivity (Wildman–Crippen MR) is 116 cm³/mol. The first-order valence-electron chi connectivity index (χ1n) is 9.76. The maximum absolute atomic E-state index is 12.7. The highest BCUT2D eigenvalue weighted by atomic mass is 32.2. The molecule has 4 rings (SSSR count). The number of hydrogen-bond donors (Lipinski definition) is 1. The highest BCUT2D eigenvalue weighted by Crippen LogP contribution is 2.22. The Morgan fingerprint density at radius 3 is 2.26 bits per heavy atom. The fourth-order valence-electron chi connectivity index (χ4n) is 3.64. The minimum absolute atomic E-state index is 0.139. The van der Waals surface area contributed by atoms with Crippen molar-refractivity contribution in [2.24, 2.45) is 0 Å². The van der Waals surface area contributed by atoms with Crippen molar-refractivity contribution in [2.75, 3.05) is 11.3 Å². The van der Waals surface area contributed by atoms with E-state index in [0.29, 0.717) is 17.7 Å². The molecule has 0 unspecified atom stereocenters. The third kappa shape index (κ3) is 4.20. The molecule has 8 heteroatoms. The number of amides is 2. The topological polar surface area (TPSA) is 96.4 Å². The first-order chi connectivity index (χ1) is 14.7. The van der Waals surface area contributed by atoms with Crippen LogP contribution in [0, 0.1) is 13.8 Å². The van der Waals surface area contributed by atoms with Crippen LogP contribution in [-0.2, 0) is 16.4 Å². The molecule has 0 spiro atoms. The van der Waals surface area contributed by atoms with Gasteiger partial charge in [0, 0.05) is 18.4 Å². The first kappa shape index (κ1) is 20.7. The van der Waals surface area contributed by atoms with Gasteiger partial charge in [-0.15, -0.1) is 0 Å². The molecule has 1 aromatic heterocycles. The third-order valence-corrected chi connectivity index (χ3v) is 6.46. The summed E-state index contributed by atoms with van der Waals surface area (Å²) in [6.45, 7) is 4.01. The number of aryl methyl sites for hydroxylation is 2. The Bertz CT molecular complexity index is 1230. The second-order valence-corrected chi connectivity index (χ2v) is 9.22. The summed E-state index contributed by atoms with van der Waals surface area (Å²) in [5.74, 6) is -0.762. The van der Waals surface area contributed by atoms with Crippen LogP contribution in [0.5, 0.6) is 0 Å². The van der Waals surface area contributed by atoms with Crippen LogP contribution in [-0.4, -0.2) is 36.7 Å². The molecule has 2 amide bonds. The number of benzene rings is 2. The van der Waals surface area contributed by atoms with Gasteiger partial charge in [0.15, 0.2) is 0 Å². The largest absolute Gasteiger partial charge is 0.280 e. The fraction of sp³-hybridized carbons (Fsp3) is 0.174. The second kappa shape index (κ2) is 7.96. The van der Waals surface area contributed by atoms with Gasteiger partial charge in [0.2, 0.25) is 0 Å². The number of sulfonamides is 1. The van der Waals surface area contributed by atoms with E-state index in [1.54, 1.807) is 36.4 Å². The van der Waals surface area contributed by atoms with E-state index in [1.165, 1.54) is 23.2 Å². The van der Waals surface area contributed by atoms with Crippen LogP contribution in [0.3, 0.4) is 0 Å². The summed E-state index contributed by atoms with van der Waals surface area (Å²) in [5, 5.41) is 0. The number of pyridine rings is 1. The average molecular weight is 436 g/mol. The van der Waals surface area contributed by atoms with E-state index < -0.39 is 15.9 Å². The van der Waals surface area contributed by atoms with Gasteiger partial charge < -0.3 is 0 Å². The Balaban J connectivity index is 1.44. The SMILES string of the molecule is Cc1cc(C)cc(NS(=O)(=O)c2ccc(CCN3C(=O)c4cccnc4C3=O)cc2)c1. The summed E-state index contributed by atoms with van der Waals surface area (Å²) in [6.07, 6.45) is 1.90. The average Bonchev–Trinajstić information content (AvgIpc) is 2.96. The van der Waals surface area contributed by atoms with E-state index in [4.69, 9.17) is 0 Å². The van der Waals surface area contributed by atoms with Crippen LogP contribution >= 0.6 is 0 Å². The zero-order chi connectivity index (χ0) is 22.2. The van der Waals surface area contributed by atoms with Gasteiger partial charge in [-0.2, -0.15) is 0 Å². The van der Waals surface area contributed by atoms with Gasteiger partial charge in [-0.3, -0.25) is 24.2 Å². The fourth-order valence-corrected chi connectivity index (χ4v) is 4.68. The minimum atomic E-state index is -3.72. The number of carbonyl (C=O) groups is 2. The van der Waals surface area contributed by atoms with Gasteiger partial charge in [0.05, 0.1) is 10.5 Å². The molecule has 0 saturated heterocycles. The Labute approximate surface area is 180 Å². The lowest BCUT2D eigenvalue weighted by atomic mass is 10.1. The number of fused-ring (bicyclic) bond motifs is 1. The van der Waals surface area contributed by atoms with Crippen molar-refractivity contribution in [3.05, 3.63) is 88.7 Å². The number of nitrogens with one attached hydrogen (secondary N) is 1. The zero-order valence-corrected chi connectivity index (χ0v) is 17.9. The van der Waals surface area contributed by atoms with Crippen molar-refractivity contribution >= 4 is 27.5 Å². The van der Waals surface area contributed by atoms with Crippen molar-refractivity contribution in [1.82, 2.24) is 9.88 Å². The van der Waals surface area contributed by atoms with E-state index in [0.717, 1.165) is 16.7 Å². The van der Waals surface area contributed by atoms with Crippen molar-refractivity contribution in [3.63, 3.8) is 0 Å². The molecule has 1 aliphatic rings. The van der Waals surface area contributed by atoms with Crippen molar-refractivity contribution in [1.29, 1.82) is 0 Å². The molecule has 0 atom stereocenters. The number of anilines is 1. The van der Waals surface area contributed by atoms with E-state index in [1.807, 2.05) is 19.9 Å². The van der Waals surface area contributed by atoms with Gasteiger partial charge in [-0.25, -0.2) is 8.42 Å². The van der Waals surface area contributed by atoms with Gasteiger partial charge in [-0.1, -0.05) is 18.2 Å². The van der Waals surface area contributed by atoms with Crippen LogP contribution in [0.1, 0.15) is 37.5 Å². The molecule has 0 aliphatic carbocycles. The quantitative estimate of drug-likeness (QED) is 0.599. The normalized spacial score (nSPS) is 13.4. The van der Waals surface area contributed by atoms with E-state index >= 15 is 0 Å². The summed E-state index contributed by atoms with van der Waals surface area (Å²) in [4.78, 5) is 30.1. The van der Waals surface area contributed by atoms with Crippen molar-refractivity contribution in [3.8, 4) is 0 Å². The summed E-state index contributed by atoms with van der Waals surface area (Å²) in [6, 6.07) is 15.1. The lowest BCUT2D eigenvalue weighted by Gasteiger charge is -2.14. The molecule has 31 heavy (non-hydrogen) atoms. The first-order valence-corrected chi connectivity index (χ1v) is 11.2. The summed E-state index contributed by atoms with van der Waals surface area (Å²) in [5.41, 5.74) is 3.75. The molecule has 0 saturated carbocycles. The van der Waals surface area contributed by atoms with Crippen LogP contribution in [0.25, 0.3) is 0 Å². The molecular formula is C23H21N3O4S. The molecule has 2 aromatic carbocycles. The highest BCUT2D eigenvalue weighted by Gasteiger charge is 2.36. The Kier molecular flexibility index (Phi) is 5.32. The smallest absolute Gasteiger partial charge is 0.280 e. The van der Waals surface area contributed by atoms with E-state index in [9.17, 15) is 18.0 Å². The van der Waals surface area contributed by atoms with Crippen molar-refractivity contribution < 1.29 is 18.0 Å². The molecule has 0 bridgehead atoms. The molecule has 1 aliphatic heterocycles. The van der Waals surface area contributed by atoms with Crippen LogP contribution < -0.4 is 4.72 Å². The summed E-state index contributed by atoms with van der Waals surface area (Å²) < 4.78 is 28.0. The summed E-state index contributed by atoms with van der Waals surface area (Å²) in [7, 11) is -3.72. The van der Waals surface area contributed by atoms with Gasteiger partial charge in [0.25, 0.3) is 21.8 Å². The molecule has 158 valence electrons. The maximum atomic E-state index is 12.7. The number of aromatic nitrogens is 1. The van der Waals surface area contributed by atoms with E-state index in [2.05, 4.69) is 9.71 Å². The van der Waals surface area contributed by atoms with Crippen molar-refractivity contribution in [2.45, 2.75) is 25.2 Å². The maximum Gasteiger partial charge on any atom is 0.280 e. The standard InChI is InChI=1S/C23H21N3O4S/c1-15-12-16(2)14-18(13-15)25-31(29,30)19-7-5-17(6-8-19)9-11-26-22(27)20-4-3-10-24-21(20)23(26)28/h3-8,10,12-14,25H,9,11H2,1-2H3. The molecule has 2 heterocycles. The monoisotopic (exact) mass is 435 g/mol. The van der Waals surface area contributed by atoms with Gasteiger partial charge in [0.1, 0.15) is 5.69 Å². The Hall–Kier alpha value is -3.52. The van der Waals surface area contributed by atoms with Crippen LogP contribution in [0.15, 0.2) is 65.7 Å². The Morgan fingerprint density at radius 1 is 0.935 bits per heavy atom. The van der Waals surface area contributed by atoms with E-state index in [-0.39, 0.29) is 23.0 Å². The number of rotatable bonds is 6. The summed E-state index contributed by atoms with van der Waals surface area (Å²) >= 11 is 0. The second-order valence-electron chi connectivity index (χ2n) is 7.54. The third-order valence-electron chi connectivity index (χ3n) is 5.06. The van der Waals surface area contributed by atoms with Gasteiger partial charge >= 0.3 is 0 Å². The van der Waals surface area contributed by atoms with Gasteiger partial charge in [-0.05, 0) is 73.4 Å². The number of carbonyl (C=O) groups excluding carboxylic acids is 2. The number of hydrogen-bond acceptors (Lipinski definition) is 5. The Morgan fingerprint density at radius 2 is 1.61 bits per heavy atom. The predicted octanol–water partition coefficient (Wildman–Crippen LogP) is 3.34. The molecule has 7 nitrogen and oxygen atoms in total. The molecule has 1 N–H and O–H groups in total. The molecular weight excluding hydrogens is 414 g/mol. The number of nitrogens with zero attached hydrogens (tertiary/aromatic N) is 2. The highest BCUT2D eigenvalue weighted by molar-refractivity contribution is 7.92. The molecule has 0 radical (unpaired) electrons. The lowest BCUT2D eigenvalue weighted by molar-refractivity contribution is 0.0654. The minimum Gasteiger partial charge on any atom is -0.280 e. The molecule has 3 aromatic rings. The number of imide groups is 1. The van der Waals surface area contributed by atoms with Crippen LogP contribution in [0.4, 0.5) is 5.69 Å². The van der Waals surface area contributed by atoms with Crippen LogP contribution in [0.2, 0.25) is 0 Å². The zero-order valence-electron chi connectivity index (χ0n) is 17.1. The molecule has 0 fully saturated rings.